The fourth-order valence-corrected chi connectivity index (χ4v) is 1.86. The molecule has 6 nitrogen and oxygen atoms in total. The maximum Gasteiger partial charge on any atom is 0.323 e. The van der Waals surface area contributed by atoms with Crippen molar-refractivity contribution in [2.45, 2.75) is 6.92 Å². The second-order valence-corrected chi connectivity index (χ2v) is 4.38. The average Bonchev–Trinajstić information content (AvgIpc) is 2.49. The summed E-state index contributed by atoms with van der Waals surface area (Å²) in [6.45, 7) is 2.33. The van der Waals surface area contributed by atoms with Crippen LogP contribution in [0, 0.1) is 0 Å². The molecule has 22 heavy (non-hydrogen) atoms. The molecule has 0 spiro atoms. The number of carbonyl (C=O) groups excluding carboxylic acids is 2. The number of para-hydroxylation sites is 2. The van der Waals surface area contributed by atoms with Gasteiger partial charge in [0.1, 0.15) is 5.75 Å². The average molecular weight is 299 g/mol. The largest absolute Gasteiger partial charge is 0.545 e. The monoisotopic (exact) mass is 299 g/mol. The summed E-state index contributed by atoms with van der Waals surface area (Å²) < 4.78 is 5.41. The minimum atomic E-state index is -1.30. The lowest BCUT2D eigenvalue weighted by Crippen LogP contribution is -2.23. The first-order valence-corrected chi connectivity index (χ1v) is 6.71. The molecule has 0 saturated carbocycles. The molecule has 2 N–H and O–H groups in total. The van der Waals surface area contributed by atoms with E-state index in [1.165, 1.54) is 18.2 Å². The molecule has 2 rings (SSSR count). The predicted molar refractivity (Wildman–Crippen MR) is 81.0 cm³/mol. The van der Waals surface area contributed by atoms with Gasteiger partial charge in [-0.2, -0.15) is 0 Å². The van der Waals surface area contributed by atoms with Crippen molar-refractivity contribution >= 4 is 23.4 Å². The third-order valence-corrected chi connectivity index (χ3v) is 2.79. The van der Waals surface area contributed by atoms with Gasteiger partial charge in [-0.05, 0) is 36.8 Å². The Morgan fingerprint density at radius 1 is 1.09 bits per heavy atom. The van der Waals surface area contributed by atoms with E-state index in [2.05, 4.69) is 10.6 Å². The molecular weight excluding hydrogens is 284 g/mol. The summed E-state index contributed by atoms with van der Waals surface area (Å²) >= 11 is 0. The third-order valence-electron chi connectivity index (χ3n) is 2.79. The standard InChI is InChI=1S/C16H16N2O4/c1-2-22-14-9-4-3-8-13(14)18-16(21)17-12-7-5-6-11(10-12)15(19)20/h3-10H,2H2,1H3,(H,19,20)(H2,17,18,21)/p-1. The maximum atomic E-state index is 12.0. The van der Waals surface area contributed by atoms with E-state index in [-0.39, 0.29) is 5.56 Å². The molecule has 0 bridgehead atoms. The number of carboxylic acid groups (broad SMARTS) is 1. The van der Waals surface area contributed by atoms with Crippen LogP contribution in [0.3, 0.4) is 0 Å². The summed E-state index contributed by atoms with van der Waals surface area (Å²) in [7, 11) is 0. The summed E-state index contributed by atoms with van der Waals surface area (Å²) in [6.07, 6.45) is 0. The van der Waals surface area contributed by atoms with E-state index in [1.54, 1.807) is 30.3 Å². The van der Waals surface area contributed by atoms with E-state index in [9.17, 15) is 14.7 Å². The highest BCUT2D eigenvalue weighted by molar-refractivity contribution is 6.01. The van der Waals surface area contributed by atoms with E-state index in [0.29, 0.717) is 23.7 Å². The van der Waals surface area contributed by atoms with Crippen molar-refractivity contribution in [1.82, 2.24) is 0 Å². The van der Waals surface area contributed by atoms with E-state index in [4.69, 9.17) is 4.74 Å². The van der Waals surface area contributed by atoms with Crippen molar-refractivity contribution in [3.63, 3.8) is 0 Å². The van der Waals surface area contributed by atoms with Crippen LogP contribution in [0.4, 0.5) is 16.2 Å². The van der Waals surface area contributed by atoms with Gasteiger partial charge >= 0.3 is 6.03 Å². The summed E-state index contributed by atoms with van der Waals surface area (Å²) in [5.74, 6) is -0.741. The van der Waals surface area contributed by atoms with E-state index in [1.807, 2.05) is 6.92 Å². The molecule has 0 heterocycles. The Morgan fingerprint density at radius 2 is 1.86 bits per heavy atom. The molecular formula is C16H15N2O4-. The zero-order valence-electron chi connectivity index (χ0n) is 12.0. The molecule has 0 aliphatic heterocycles. The molecule has 0 aliphatic rings. The van der Waals surface area contributed by atoms with Gasteiger partial charge in [0.05, 0.1) is 18.3 Å². The lowest BCUT2D eigenvalue weighted by Gasteiger charge is -2.12. The van der Waals surface area contributed by atoms with Gasteiger partial charge in [-0.1, -0.05) is 24.3 Å². The zero-order valence-corrected chi connectivity index (χ0v) is 12.0. The van der Waals surface area contributed by atoms with Gasteiger partial charge in [-0.25, -0.2) is 4.79 Å². The van der Waals surface area contributed by atoms with Crippen molar-refractivity contribution < 1.29 is 19.4 Å². The lowest BCUT2D eigenvalue weighted by molar-refractivity contribution is -0.255. The number of ether oxygens (including phenoxy) is 1. The molecule has 0 aromatic heterocycles. The molecule has 0 aliphatic carbocycles. The second kappa shape index (κ2) is 7.12. The van der Waals surface area contributed by atoms with Crippen LogP contribution in [0.1, 0.15) is 17.3 Å². The second-order valence-electron chi connectivity index (χ2n) is 4.38. The Bertz CT molecular complexity index is 685. The number of hydrogen-bond acceptors (Lipinski definition) is 4. The van der Waals surface area contributed by atoms with E-state index in [0.717, 1.165) is 0 Å². The molecule has 0 atom stereocenters. The number of anilines is 2. The molecule has 2 aromatic carbocycles. The van der Waals surface area contributed by atoms with Crippen LogP contribution in [-0.4, -0.2) is 18.6 Å². The number of rotatable bonds is 5. The molecule has 114 valence electrons. The fraction of sp³-hybridized carbons (Fsp3) is 0.125. The summed E-state index contributed by atoms with van der Waals surface area (Å²) in [4.78, 5) is 22.8. The molecule has 6 heteroatoms. The highest BCUT2D eigenvalue weighted by atomic mass is 16.5. The Labute approximate surface area is 127 Å². The van der Waals surface area contributed by atoms with Crippen LogP contribution < -0.4 is 20.5 Å². The lowest BCUT2D eigenvalue weighted by atomic mass is 10.2. The highest BCUT2D eigenvalue weighted by Crippen LogP contribution is 2.23. The van der Waals surface area contributed by atoms with Crippen LogP contribution in [-0.2, 0) is 0 Å². The van der Waals surface area contributed by atoms with Crippen molar-refractivity contribution in [2.75, 3.05) is 17.2 Å². The van der Waals surface area contributed by atoms with Gasteiger partial charge in [0.15, 0.2) is 0 Å². The Balaban J connectivity index is 2.07. The number of carboxylic acids is 1. The minimum absolute atomic E-state index is 0.00693. The summed E-state index contributed by atoms with van der Waals surface area (Å²) in [5, 5.41) is 16.0. The predicted octanol–water partition coefficient (Wildman–Crippen LogP) is 2.09. The van der Waals surface area contributed by atoms with Crippen molar-refractivity contribution in [1.29, 1.82) is 0 Å². The SMILES string of the molecule is CCOc1ccccc1NC(=O)Nc1cccc(C(=O)[O-])c1. The highest BCUT2D eigenvalue weighted by Gasteiger charge is 2.07. The van der Waals surface area contributed by atoms with Crippen LogP contribution in [0.15, 0.2) is 48.5 Å². The first-order chi connectivity index (χ1) is 10.6. The topological polar surface area (TPSA) is 90.5 Å². The van der Waals surface area contributed by atoms with Crippen molar-refractivity contribution in [3.05, 3.63) is 54.1 Å². The minimum Gasteiger partial charge on any atom is -0.545 e. The molecule has 2 amide bonds. The molecule has 0 fully saturated rings. The normalized spacial score (nSPS) is 9.86. The van der Waals surface area contributed by atoms with Crippen LogP contribution in [0.2, 0.25) is 0 Å². The van der Waals surface area contributed by atoms with Gasteiger partial charge in [0.2, 0.25) is 0 Å². The van der Waals surface area contributed by atoms with Crippen LogP contribution >= 0.6 is 0 Å². The van der Waals surface area contributed by atoms with Crippen molar-refractivity contribution in [2.24, 2.45) is 0 Å². The quantitative estimate of drug-likeness (QED) is 0.884. The maximum absolute atomic E-state index is 12.0. The van der Waals surface area contributed by atoms with Gasteiger partial charge < -0.3 is 25.3 Å². The van der Waals surface area contributed by atoms with Gasteiger partial charge in [0, 0.05) is 5.69 Å². The number of aromatic carboxylic acids is 1. The Hall–Kier alpha value is -3.02. The fourth-order valence-electron chi connectivity index (χ4n) is 1.86. The van der Waals surface area contributed by atoms with E-state index >= 15 is 0 Å². The molecule has 0 unspecified atom stereocenters. The zero-order chi connectivity index (χ0) is 15.9. The van der Waals surface area contributed by atoms with Gasteiger partial charge in [-0.15, -0.1) is 0 Å². The van der Waals surface area contributed by atoms with Gasteiger partial charge in [0.25, 0.3) is 0 Å². The summed E-state index contributed by atoms with van der Waals surface area (Å²) in [5.41, 5.74) is 0.874. The molecule has 0 radical (unpaired) electrons. The van der Waals surface area contributed by atoms with Crippen LogP contribution in [0.5, 0.6) is 5.75 Å². The number of amides is 2. The smallest absolute Gasteiger partial charge is 0.323 e. The molecule has 0 saturated heterocycles. The number of urea groups is 1. The third kappa shape index (κ3) is 3.99. The first kappa shape index (κ1) is 15.4. The van der Waals surface area contributed by atoms with Crippen LogP contribution in [0.25, 0.3) is 0 Å². The number of benzene rings is 2. The van der Waals surface area contributed by atoms with Crippen molar-refractivity contribution in [3.8, 4) is 5.75 Å². The summed E-state index contributed by atoms with van der Waals surface area (Å²) in [6, 6.07) is 12.4. The number of hydrogen-bond donors (Lipinski definition) is 2. The molecule has 2 aromatic rings. The number of nitrogens with one attached hydrogen (secondary N) is 2. The Kier molecular flexibility index (Phi) is 4.98. The Morgan fingerprint density at radius 3 is 2.59 bits per heavy atom. The number of carbonyl (C=O) groups is 2. The van der Waals surface area contributed by atoms with E-state index < -0.39 is 12.0 Å². The first-order valence-electron chi connectivity index (χ1n) is 6.71. The van der Waals surface area contributed by atoms with Gasteiger partial charge in [-0.3, -0.25) is 0 Å².